The Kier molecular flexibility index (Phi) is 6.31. The standard InChI is InChI=1S/C18H25FN4S/c1-18(2,3)16-23-14(12-24-16)11-22-17(20-4)21-10-9-13-7-5-6-8-15(13)19/h5-8,12H,9-11H2,1-4H3,(H2,20,21,22). The Labute approximate surface area is 147 Å². The number of guanidine groups is 1. The SMILES string of the molecule is CN=C(NCCc1ccccc1F)NCc1csc(C(C)(C)C)n1. The Morgan fingerprint density at radius 3 is 2.62 bits per heavy atom. The number of hydrogen-bond acceptors (Lipinski definition) is 3. The molecule has 0 amide bonds. The molecule has 1 aromatic carbocycles. The van der Waals surface area contributed by atoms with Crippen molar-refractivity contribution in [2.45, 2.75) is 39.2 Å². The summed E-state index contributed by atoms with van der Waals surface area (Å²) in [7, 11) is 1.72. The van der Waals surface area contributed by atoms with Gasteiger partial charge >= 0.3 is 0 Å². The number of halogens is 1. The zero-order valence-electron chi connectivity index (χ0n) is 14.7. The first-order valence-electron chi connectivity index (χ1n) is 8.03. The molecule has 24 heavy (non-hydrogen) atoms. The summed E-state index contributed by atoms with van der Waals surface area (Å²) < 4.78 is 13.6. The first-order valence-corrected chi connectivity index (χ1v) is 8.91. The maximum atomic E-state index is 13.6. The van der Waals surface area contributed by atoms with Crippen LogP contribution < -0.4 is 10.6 Å². The summed E-state index contributed by atoms with van der Waals surface area (Å²) in [5.41, 5.74) is 1.78. The van der Waals surface area contributed by atoms with E-state index in [1.165, 1.54) is 6.07 Å². The number of aromatic nitrogens is 1. The van der Waals surface area contributed by atoms with Gasteiger partial charge in [-0.05, 0) is 18.1 Å². The highest BCUT2D eigenvalue weighted by Crippen LogP contribution is 2.25. The molecule has 2 N–H and O–H groups in total. The summed E-state index contributed by atoms with van der Waals surface area (Å²) in [6.45, 7) is 7.71. The van der Waals surface area contributed by atoms with Crippen molar-refractivity contribution in [1.82, 2.24) is 15.6 Å². The van der Waals surface area contributed by atoms with Gasteiger partial charge in [-0.2, -0.15) is 0 Å². The average molecular weight is 348 g/mol. The highest BCUT2D eigenvalue weighted by molar-refractivity contribution is 7.09. The van der Waals surface area contributed by atoms with Crippen molar-refractivity contribution in [2.75, 3.05) is 13.6 Å². The maximum Gasteiger partial charge on any atom is 0.191 e. The Hall–Kier alpha value is -1.95. The molecule has 0 saturated heterocycles. The molecule has 1 aromatic heterocycles. The molecule has 0 aliphatic rings. The predicted molar refractivity (Wildman–Crippen MR) is 99.1 cm³/mol. The monoisotopic (exact) mass is 348 g/mol. The van der Waals surface area contributed by atoms with Gasteiger partial charge in [0.05, 0.1) is 17.2 Å². The van der Waals surface area contributed by atoms with Gasteiger partial charge in [0.25, 0.3) is 0 Å². The molecular weight excluding hydrogens is 323 g/mol. The van der Waals surface area contributed by atoms with Crippen molar-refractivity contribution in [3.8, 4) is 0 Å². The largest absolute Gasteiger partial charge is 0.356 e. The van der Waals surface area contributed by atoms with Gasteiger partial charge in [0, 0.05) is 24.4 Å². The van der Waals surface area contributed by atoms with Crippen LogP contribution in [0.15, 0.2) is 34.6 Å². The molecule has 0 aliphatic heterocycles. The third-order valence-electron chi connectivity index (χ3n) is 3.50. The van der Waals surface area contributed by atoms with Gasteiger partial charge in [0.15, 0.2) is 5.96 Å². The summed E-state index contributed by atoms with van der Waals surface area (Å²) in [5, 5.41) is 9.64. The minimum atomic E-state index is -0.167. The zero-order valence-corrected chi connectivity index (χ0v) is 15.5. The summed E-state index contributed by atoms with van der Waals surface area (Å²) >= 11 is 1.68. The van der Waals surface area contributed by atoms with E-state index >= 15 is 0 Å². The Morgan fingerprint density at radius 1 is 1.25 bits per heavy atom. The number of aliphatic imine (C=N–C) groups is 1. The van der Waals surface area contributed by atoms with Crippen molar-refractivity contribution in [3.63, 3.8) is 0 Å². The molecule has 0 fully saturated rings. The van der Waals surface area contributed by atoms with Gasteiger partial charge in [0.2, 0.25) is 0 Å². The van der Waals surface area contributed by atoms with Crippen LogP contribution in [0.5, 0.6) is 0 Å². The lowest BCUT2D eigenvalue weighted by molar-refractivity contribution is 0.582. The molecule has 0 aliphatic carbocycles. The van der Waals surface area contributed by atoms with Gasteiger partial charge in [-0.25, -0.2) is 9.37 Å². The fourth-order valence-corrected chi connectivity index (χ4v) is 3.05. The normalized spacial score (nSPS) is 12.3. The Balaban J connectivity index is 1.80. The first kappa shape index (κ1) is 18.4. The molecule has 0 spiro atoms. The zero-order chi connectivity index (χ0) is 17.6. The number of nitrogens with one attached hydrogen (secondary N) is 2. The minimum Gasteiger partial charge on any atom is -0.356 e. The fraction of sp³-hybridized carbons (Fsp3) is 0.444. The van der Waals surface area contributed by atoms with Crippen LogP contribution in [0, 0.1) is 5.82 Å². The number of hydrogen-bond donors (Lipinski definition) is 2. The third kappa shape index (κ3) is 5.30. The van der Waals surface area contributed by atoms with E-state index in [0.717, 1.165) is 10.7 Å². The molecule has 4 nitrogen and oxygen atoms in total. The van der Waals surface area contributed by atoms with E-state index in [9.17, 15) is 4.39 Å². The highest BCUT2D eigenvalue weighted by atomic mass is 32.1. The second kappa shape index (κ2) is 8.24. The van der Waals surface area contributed by atoms with Gasteiger partial charge in [-0.3, -0.25) is 4.99 Å². The van der Waals surface area contributed by atoms with Crippen molar-refractivity contribution in [3.05, 3.63) is 51.7 Å². The van der Waals surface area contributed by atoms with E-state index in [-0.39, 0.29) is 11.2 Å². The van der Waals surface area contributed by atoms with Gasteiger partial charge in [-0.1, -0.05) is 39.0 Å². The number of rotatable bonds is 5. The van der Waals surface area contributed by atoms with Crippen LogP contribution in [0.4, 0.5) is 4.39 Å². The second-order valence-corrected chi connectivity index (χ2v) is 7.45. The molecule has 2 rings (SSSR count). The molecule has 6 heteroatoms. The highest BCUT2D eigenvalue weighted by Gasteiger charge is 2.17. The topological polar surface area (TPSA) is 49.3 Å². The first-order chi connectivity index (χ1) is 11.4. The van der Waals surface area contributed by atoms with Gasteiger partial charge < -0.3 is 10.6 Å². The Morgan fingerprint density at radius 2 is 2.00 bits per heavy atom. The quantitative estimate of drug-likeness (QED) is 0.642. The summed E-state index contributed by atoms with van der Waals surface area (Å²) in [4.78, 5) is 8.84. The van der Waals surface area contributed by atoms with Crippen LogP contribution in [0.2, 0.25) is 0 Å². The van der Waals surface area contributed by atoms with Crippen molar-refractivity contribution in [2.24, 2.45) is 4.99 Å². The van der Waals surface area contributed by atoms with E-state index in [0.29, 0.717) is 31.0 Å². The van der Waals surface area contributed by atoms with Crippen LogP contribution >= 0.6 is 11.3 Å². The lowest BCUT2D eigenvalue weighted by Gasteiger charge is -2.14. The smallest absolute Gasteiger partial charge is 0.191 e. The van der Waals surface area contributed by atoms with E-state index in [2.05, 4.69) is 46.8 Å². The fourth-order valence-electron chi connectivity index (χ4n) is 2.14. The van der Waals surface area contributed by atoms with E-state index in [4.69, 9.17) is 0 Å². The average Bonchev–Trinajstić information content (AvgIpc) is 3.01. The lowest BCUT2D eigenvalue weighted by Crippen LogP contribution is -2.38. The molecule has 2 aromatic rings. The molecule has 0 saturated carbocycles. The molecular formula is C18H25FN4S. The summed E-state index contributed by atoms with van der Waals surface area (Å²) in [6, 6.07) is 6.83. The van der Waals surface area contributed by atoms with Crippen molar-refractivity contribution in [1.29, 1.82) is 0 Å². The van der Waals surface area contributed by atoms with Gasteiger partial charge in [0.1, 0.15) is 5.82 Å². The van der Waals surface area contributed by atoms with Crippen LogP contribution in [-0.4, -0.2) is 24.5 Å². The molecule has 130 valence electrons. The maximum absolute atomic E-state index is 13.6. The van der Waals surface area contributed by atoms with Crippen molar-refractivity contribution >= 4 is 17.3 Å². The van der Waals surface area contributed by atoms with E-state index in [1.807, 2.05) is 6.07 Å². The number of thiazole rings is 1. The van der Waals surface area contributed by atoms with Crippen LogP contribution in [0.25, 0.3) is 0 Å². The second-order valence-electron chi connectivity index (χ2n) is 6.59. The molecule has 0 radical (unpaired) electrons. The molecule has 0 atom stereocenters. The number of nitrogens with zero attached hydrogens (tertiary/aromatic N) is 2. The van der Waals surface area contributed by atoms with Crippen LogP contribution in [0.3, 0.4) is 0 Å². The van der Waals surface area contributed by atoms with Crippen LogP contribution in [0.1, 0.15) is 37.0 Å². The predicted octanol–water partition coefficient (Wildman–Crippen LogP) is 3.49. The Bertz CT molecular complexity index is 688. The molecule has 0 bridgehead atoms. The molecule has 0 unspecified atom stereocenters. The minimum absolute atomic E-state index is 0.0720. The number of benzene rings is 1. The summed E-state index contributed by atoms with van der Waals surface area (Å²) in [6.07, 6.45) is 0.609. The third-order valence-corrected chi connectivity index (χ3v) is 4.82. The van der Waals surface area contributed by atoms with Crippen molar-refractivity contribution < 1.29 is 4.39 Å². The van der Waals surface area contributed by atoms with E-state index < -0.39 is 0 Å². The van der Waals surface area contributed by atoms with E-state index in [1.54, 1.807) is 30.5 Å². The molecule has 1 heterocycles. The van der Waals surface area contributed by atoms with Crippen LogP contribution in [-0.2, 0) is 18.4 Å². The summed E-state index contributed by atoms with van der Waals surface area (Å²) in [5.74, 6) is 0.524. The van der Waals surface area contributed by atoms with Gasteiger partial charge in [-0.15, -0.1) is 11.3 Å². The lowest BCUT2D eigenvalue weighted by atomic mass is 9.98.